The van der Waals surface area contributed by atoms with Gasteiger partial charge in [0.25, 0.3) is 5.91 Å². The molecule has 0 radical (unpaired) electrons. The summed E-state index contributed by atoms with van der Waals surface area (Å²) in [4.78, 5) is 38.4. The lowest BCUT2D eigenvalue weighted by Gasteiger charge is -2.46. The summed E-state index contributed by atoms with van der Waals surface area (Å²) >= 11 is 12.6. The van der Waals surface area contributed by atoms with Crippen LogP contribution >= 0.6 is 23.2 Å². The topological polar surface area (TPSA) is 111 Å². The number of amides is 1. The van der Waals surface area contributed by atoms with Crippen molar-refractivity contribution in [2.75, 3.05) is 7.11 Å². The minimum atomic E-state index is -4.90. The van der Waals surface area contributed by atoms with Crippen molar-refractivity contribution in [3.05, 3.63) is 45.2 Å². The number of carboxylic acids is 1. The van der Waals surface area contributed by atoms with Crippen LogP contribution in [-0.4, -0.2) is 45.7 Å². The first kappa shape index (κ1) is 32.1. The van der Waals surface area contributed by atoms with Gasteiger partial charge in [0.2, 0.25) is 0 Å². The van der Waals surface area contributed by atoms with Gasteiger partial charge in [0.1, 0.15) is 5.75 Å². The predicted octanol–water partition coefficient (Wildman–Crippen LogP) is 7.23. The number of aromatic nitrogens is 2. The summed E-state index contributed by atoms with van der Waals surface area (Å²) in [7, 11) is 1.42. The first-order chi connectivity index (χ1) is 19.5. The van der Waals surface area contributed by atoms with Crippen LogP contribution in [0.4, 0.5) is 13.2 Å². The Bertz CT molecular complexity index is 1350. The number of nitrogens with zero attached hydrogens (tertiary/aromatic N) is 2. The number of hydrogen-bond donors (Lipinski definition) is 2. The number of alkyl halides is 3. The molecule has 1 unspecified atom stereocenters. The van der Waals surface area contributed by atoms with Crippen LogP contribution in [0.2, 0.25) is 10.0 Å². The van der Waals surface area contributed by atoms with Gasteiger partial charge in [-0.05, 0) is 68.9 Å². The minimum absolute atomic E-state index is 0.0421. The van der Waals surface area contributed by atoms with Crippen molar-refractivity contribution in [2.45, 2.75) is 84.0 Å². The van der Waals surface area contributed by atoms with E-state index in [1.807, 2.05) is 13.8 Å². The number of carbonyl (C=O) groups is 3. The summed E-state index contributed by atoms with van der Waals surface area (Å²) < 4.78 is 49.0. The number of ether oxygens (including phenoxy) is 1. The molecule has 2 aromatic rings. The van der Waals surface area contributed by atoms with E-state index in [-0.39, 0.29) is 59.0 Å². The molecule has 0 bridgehead atoms. The summed E-state index contributed by atoms with van der Waals surface area (Å²) in [5, 5.41) is 16.3. The number of methoxy groups -OCH3 is 1. The summed E-state index contributed by atoms with van der Waals surface area (Å²) in [5.41, 5.74) is -2.85. The zero-order valence-corrected chi connectivity index (χ0v) is 25.3. The van der Waals surface area contributed by atoms with Crippen LogP contribution in [0, 0.1) is 16.7 Å². The second-order valence-corrected chi connectivity index (χ2v) is 13.3. The van der Waals surface area contributed by atoms with E-state index in [2.05, 4.69) is 10.4 Å². The molecule has 0 saturated heterocycles. The van der Waals surface area contributed by atoms with Crippen molar-refractivity contribution in [2.24, 2.45) is 16.7 Å². The summed E-state index contributed by atoms with van der Waals surface area (Å²) in [6.45, 7) is 5.65. The van der Waals surface area contributed by atoms with Gasteiger partial charge in [0, 0.05) is 12.5 Å². The van der Waals surface area contributed by atoms with Gasteiger partial charge < -0.3 is 15.2 Å². The number of carbonyl (C=O) groups excluding carboxylic acids is 2. The number of aliphatic carboxylic acids is 1. The van der Waals surface area contributed by atoms with Crippen molar-refractivity contribution in [3.8, 4) is 5.75 Å². The Morgan fingerprint density at radius 3 is 2.19 bits per heavy atom. The van der Waals surface area contributed by atoms with Crippen molar-refractivity contribution in [1.82, 2.24) is 15.1 Å². The SMILES string of the molecule is COc1cc(Cl)c(C(=O)CC(NC(=O)c2cnn(C3CCC(C)(C(=O)O)CC3)c2C(F)(F)F)C2CC(C)(C)C2)c(Cl)c1. The van der Waals surface area contributed by atoms with Gasteiger partial charge in [-0.2, -0.15) is 18.3 Å². The monoisotopic (exact) mass is 631 g/mol. The van der Waals surface area contributed by atoms with Crippen molar-refractivity contribution >= 4 is 40.9 Å². The number of benzene rings is 1. The Labute approximate surface area is 251 Å². The molecule has 2 aliphatic rings. The number of ketones is 1. The Morgan fingerprint density at radius 2 is 1.71 bits per heavy atom. The average Bonchev–Trinajstić information content (AvgIpc) is 3.33. The van der Waals surface area contributed by atoms with Crippen LogP contribution in [0.25, 0.3) is 0 Å². The van der Waals surface area contributed by atoms with Gasteiger partial charge in [0.15, 0.2) is 11.5 Å². The normalized spacial score (nSPS) is 23.1. The summed E-state index contributed by atoms with van der Waals surface area (Å²) in [6.07, 6.45) is -2.19. The maximum atomic E-state index is 14.4. The third-order valence-electron chi connectivity index (χ3n) is 8.68. The smallest absolute Gasteiger partial charge is 0.433 e. The fraction of sp³-hybridized carbons (Fsp3) is 0.586. The van der Waals surface area contributed by atoms with Gasteiger partial charge in [-0.25, -0.2) is 0 Å². The lowest BCUT2D eigenvalue weighted by Crippen LogP contribution is -2.49. The van der Waals surface area contributed by atoms with E-state index in [1.165, 1.54) is 19.2 Å². The highest BCUT2D eigenvalue weighted by atomic mass is 35.5. The number of Topliss-reactive ketones (excluding diaryl/α,β-unsaturated/α-hetero) is 1. The summed E-state index contributed by atoms with van der Waals surface area (Å²) in [6, 6.07) is 1.40. The lowest BCUT2D eigenvalue weighted by atomic mass is 9.61. The Morgan fingerprint density at radius 1 is 1.14 bits per heavy atom. The largest absolute Gasteiger partial charge is 0.497 e. The maximum Gasteiger partial charge on any atom is 0.433 e. The van der Waals surface area contributed by atoms with Crippen molar-refractivity contribution < 1.29 is 37.4 Å². The second kappa shape index (κ2) is 11.7. The molecule has 13 heteroatoms. The van der Waals surface area contributed by atoms with E-state index in [0.717, 1.165) is 10.9 Å². The number of hydrogen-bond acceptors (Lipinski definition) is 5. The highest BCUT2D eigenvalue weighted by Crippen LogP contribution is 2.48. The first-order valence-electron chi connectivity index (χ1n) is 13.7. The van der Waals surface area contributed by atoms with E-state index in [4.69, 9.17) is 27.9 Å². The Hall–Kier alpha value is -2.79. The molecular formula is C29H34Cl2F3N3O5. The highest BCUT2D eigenvalue weighted by molar-refractivity contribution is 6.40. The molecule has 0 aliphatic heterocycles. The third kappa shape index (κ3) is 6.56. The molecule has 0 spiro atoms. The van der Waals surface area contributed by atoms with Gasteiger partial charge in [-0.3, -0.25) is 19.1 Å². The molecule has 4 rings (SSSR count). The van der Waals surface area contributed by atoms with Crippen molar-refractivity contribution in [1.29, 1.82) is 0 Å². The molecule has 42 heavy (non-hydrogen) atoms. The molecule has 1 aromatic carbocycles. The Kier molecular flexibility index (Phi) is 8.96. The molecule has 1 aromatic heterocycles. The Balaban J connectivity index is 1.60. The molecule has 2 fully saturated rings. The predicted molar refractivity (Wildman–Crippen MR) is 150 cm³/mol. The third-order valence-corrected chi connectivity index (χ3v) is 9.28. The van der Waals surface area contributed by atoms with E-state index >= 15 is 0 Å². The fourth-order valence-electron chi connectivity index (χ4n) is 6.25. The first-order valence-corrected chi connectivity index (χ1v) is 14.5. The van der Waals surface area contributed by atoms with E-state index in [0.29, 0.717) is 18.6 Å². The molecule has 1 amide bonds. The van der Waals surface area contributed by atoms with Crippen LogP contribution in [0.5, 0.6) is 5.75 Å². The van der Waals surface area contributed by atoms with E-state index < -0.39 is 52.6 Å². The highest BCUT2D eigenvalue weighted by Gasteiger charge is 2.46. The summed E-state index contributed by atoms with van der Waals surface area (Å²) in [5.74, 6) is -2.24. The number of carboxylic acid groups (broad SMARTS) is 1. The van der Waals surface area contributed by atoms with Crippen LogP contribution in [-0.2, 0) is 11.0 Å². The molecular weight excluding hydrogens is 598 g/mol. The van der Waals surface area contributed by atoms with E-state index in [1.54, 1.807) is 6.92 Å². The standard InChI is InChI=1S/C29H34Cl2F3N3O5/c1-27(2)12-15(13-27)21(11-22(38)23-19(30)9-17(42-4)10-20(23)31)36-25(39)18-14-35-37(24(18)29(32,33)34)16-5-7-28(3,8-6-16)26(40)41/h9-10,14-16,21H,5-8,11-13H2,1-4H3,(H,36,39)(H,40,41). The molecule has 2 saturated carbocycles. The van der Waals surface area contributed by atoms with Gasteiger partial charge in [0.05, 0.1) is 45.9 Å². The molecule has 1 heterocycles. The zero-order valence-electron chi connectivity index (χ0n) is 23.8. The lowest BCUT2D eigenvalue weighted by molar-refractivity contribution is -0.152. The van der Waals surface area contributed by atoms with Crippen molar-refractivity contribution in [3.63, 3.8) is 0 Å². The molecule has 1 atom stereocenters. The van der Waals surface area contributed by atoms with E-state index in [9.17, 15) is 32.7 Å². The van der Waals surface area contributed by atoms with Gasteiger partial charge in [-0.15, -0.1) is 0 Å². The number of rotatable bonds is 9. The minimum Gasteiger partial charge on any atom is -0.497 e. The van der Waals surface area contributed by atoms with Crippen LogP contribution in [0.3, 0.4) is 0 Å². The van der Waals surface area contributed by atoms with Gasteiger partial charge in [-0.1, -0.05) is 37.0 Å². The van der Waals surface area contributed by atoms with Crippen LogP contribution < -0.4 is 10.1 Å². The molecule has 8 nitrogen and oxygen atoms in total. The second-order valence-electron chi connectivity index (χ2n) is 12.5. The van der Waals surface area contributed by atoms with Crippen LogP contribution in [0.15, 0.2) is 18.3 Å². The quantitative estimate of drug-likeness (QED) is 0.282. The number of nitrogens with one attached hydrogen (secondary N) is 1. The zero-order chi connectivity index (χ0) is 31.2. The van der Waals surface area contributed by atoms with Crippen LogP contribution in [0.1, 0.15) is 98.2 Å². The molecule has 2 N–H and O–H groups in total. The fourth-order valence-corrected chi connectivity index (χ4v) is 6.93. The number of halogens is 5. The molecule has 230 valence electrons. The van der Waals surface area contributed by atoms with Gasteiger partial charge >= 0.3 is 12.1 Å². The maximum absolute atomic E-state index is 14.4. The average molecular weight is 633 g/mol. The molecule has 2 aliphatic carbocycles.